The van der Waals surface area contributed by atoms with Crippen LogP contribution in [-0.2, 0) is 10.3 Å². The van der Waals surface area contributed by atoms with E-state index in [0.717, 1.165) is 6.07 Å². The van der Waals surface area contributed by atoms with Crippen molar-refractivity contribution >= 4 is 40.8 Å². The van der Waals surface area contributed by atoms with Crippen molar-refractivity contribution < 1.29 is 32.3 Å². The number of nitrogens with two attached hydrogens (primary N) is 1. The quantitative estimate of drug-likeness (QED) is 0.235. The van der Waals surface area contributed by atoms with Gasteiger partial charge in [0.15, 0.2) is 0 Å². The van der Waals surface area contributed by atoms with Crippen LogP contribution in [0.3, 0.4) is 0 Å². The summed E-state index contributed by atoms with van der Waals surface area (Å²) < 4.78 is 59.9. The second-order valence-corrected chi connectivity index (χ2v) is 12.1. The summed E-state index contributed by atoms with van der Waals surface area (Å²) in [5, 5.41) is 14.4. The highest BCUT2D eigenvalue weighted by Gasteiger charge is 2.58. The lowest BCUT2D eigenvalue weighted by molar-refractivity contribution is -0.118. The summed E-state index contributed by atoms with van der Waals surface area (Å²) >= 11 is 12.1. The van der Waals surface area contributed by atoms with Crippen LogP contribution < -0.4 is 16.4 Å². The number of nitrogens with one attached hydrogen (secondary N) is 2. The summed E-state index contributed by atoms with van der Waals surface area (Å²) in [5.74, 6) is -8.45. The molecule has 4 unspecified atom stereocenters. The maximum Gasteiger partial charge on any atom is 0.341 e. The summed E-state index contributed by atoms with van der Waals surface area (Å²) in [6.45, 7) is 5.72. The molecule has 4 rings (SSSR count). The maximum atomic E-state index is 15.6. The van der Waals surface area contributed by atoms with E-state index in [-0.39, 0.29) is 26.9 Å². The standard InChI is InChI=1S/C29H27Cl2F4N3O3/c1-28(2,3)12-21-29(36,16-8-7-13(30)9-18(16)32)23(15-5-4-6-17(31)24(15)35)25(38-21)26(39)37-14-10-19(33)22(27(40)41)20(34)11-14/h4-11,21,23,25,38H,12,36H2,1-3H3,(H,37,39)(H,40,41). The molecule has 3 aromatic rings. The Morgan fingerprint density at radius 1 is 1.02 bits per heavy atom. The lowest BCUT2D eigenvalue weighted by atomic mass is 9.68. The van der Waals surface area contributed by atoms with E-state index in [1.165, 1.54) is 30.3 Å². The van der Waals surface area contributed by atoms with Crippen LogP contribution in [-0.4, -0.2) is 29.1 Å². The van der Waals surface area contributed by atoms with Crippen LogP contribution in [0, 0.1) is 28.7 Å². The highest BCUT2D eigenvalue weighted by atomic mass is 35.5. The van der Waals surface area contributed by atoms with E-state index in [4.69, 9.17) is 34.0 Å². The van der Waals surface area contributed by atoms with Crippen molar-refractivity contribution in [2.24, 2.45) is 11.1 Å². The van der Waals surface area contributed by atoms with Gasteiger partial charge in [0.05, 0.1) is 16.6 Å². The van der Waals surface area contributed by atoms with Crippen molar-refractivity contribution in [1.29, 1.82) is 0 Å². The average molecular weight is 612 g/mol. The number of amides is 1. The van der Waals surface area contributed by atoms with Crippen LogP contribution in [0.1, 0.15) is 54.6 Å². The molecule has 12 heteroatoms. The van der Waals surface area contributed by atoms with Crippen molar-refractivity contribution in [1.82, 2.24) is 5.32 Å². The maximum absolute atomic E-state index is 15.6. The minimum atomic E-state index is -1.82. The molecule has 0 radical (unpaired) electrons. The molecule has 1 aliphatic heterocycles. The van der Waals surface area contributed by atoms with Gasteiger partial charge in [0.2, 0.25) is 5.91 Å². The fourth-order valence-corrected chi connectivity index (χ4v) is 5.81. The molecule has 6 nitrogen and oxygen atoms in total. The second-order valence-electron chi connectivity index (χ2n) is 11.2. The Hall–Kier alpha value is -3.18. The number of carbonyl (C=O) groups is 2. The minimum absolute atomic E-state index is 0.0359. The number of anilines is 1. The van der Waals surface area contributed by atoms with E-state index in [0.29, 0.717) is 18.6 Å². The Morgan fingerprint density at radius 2 is 1.66 bits per heavy atom. The van der Waals surface area contributed by atoms with Gasteiger partial charge >= 0.3 is 5.97 Å². The fraction of sp³-hybridized carbons (Fsp3) is 0.310. The van der Waals surface area contributed by atoms with Gasteiger partial charge in [0, 0.05) is 28.2 Å². The van der Waals surface area contributed by atoms with Gasteiger partial charge in [-0.2, -0.15) is 0 Å². The Kier molecular flexibility index (Phi) is 8.44. The van der Waals surface area contributed by atoms with Gasteiger partial charge in [0.25, 0.3) is 0 Å². The van der Waals surface area contributed by atoms with E-state index in [2.05, 4.69) is 10.6 Å². The normalized spacial score (nSPS) is 22.5. The molecular formula is C29H27Cl2F4N3O3. The highest BCUT2D eigenvalue weighted by Crippen LogP contribution is 2.50. The number of rotatable bonds is 6. The van der Waals surface area contributed by atoms with Crippen molar-refractivity contribution in [3.8, 4) is 0 Å². The number of benzene rings is 3. The van der Waals surface area contributed by atoms with Crippen molar-refractivity contribution in [2.75, 3.05) is 5.32 Å². The Bertz CT molecular complexity index is 1510. The van der Waals surface area contributed by atoms with E-state index >= 15 is 8.78 Å². The van der Waals surface area contributed by atoms with Gasteiger partial charge in [-0.25, -0.2) is 22.4 Å². The zero-order valence-corrected chi connectivity index (χ0v) is 23.7. The molecule has 0 bridgehead atoms. The molecule has 218 valence electrons. The van der Waals surface area contributed by atoms with Gasteiger partial charge in [-0.1, -0.05) is 62.2 Å². The number of halogens is 6. The van der Waals surface area contributed by atoms with E-state index < -0.39 is 69.7 Å². The van der Waals surface area contributed by atoms with Crippen molar-refractivity contribution in [3.63, 3.8) is 0 Å². The third-order valence-electron chi connectivity index (χ3n) is 7.14. The number of carboxylic acid groups (broad SMARTS) is 1. The third kappa shape index (κ3) is 5.92. The largest absolute Gasteiger partial charge is 0.477 e. The summed E-state index contributed by atoms with van der Waals surface area (Å²) in [7, 11) is 0. The molecule has 4 atom stereocenters. The van der Waals surface area contributed by atoms with Gasteiger partial charge in [-0.15, -0.1) is 0 Å². The predicted octanol–water partition coefficient (Wildman–Crippen LogP) is 6.60. The zero-order valence-electron chi connectivity index (χ0n) is 22.2. The first kappa shape index (κ1) is 30.8. The second kappa shape index (κ2) is 11.2. The third-order valence-corrected chi connectivity index (χ3v) is 7.67. The van der Waals surface area contributed by atoms with Crippen LogP contribution >= 0.6 is 23.2 Å². The first-order chi connectivity index (χ1) is 19.0. The summed E-state index contributed by atoms with van der Waals surface area (Å²) in [5.41, 5.74) is 3.22. The summed E-state index contributed by atoms with van der Waals surface area (Å²) in [6, 6.07) is 7.13. The number of carboxylic acids is 1. The molecule has 1 saturated heterocycles. The van der Waals surface area contributed by atoms with E-state index in [1.807, 2.05) is 20.8 Å². The number of hydrogen-bond acceptors (Lipinski definition) is 4. The average Bonchev–Trinajstić information content (AvgIpc) is 3.11. The summed E-state index contributed by atoms with van der Waals surface area (Å²) in [6.07, 6.45) is 0.296. The van der Waals surface area contributed by atoms with Crippen molar-refractivity contribution in [2.45, 2.75) is 50.7 Å². The zero-order chi connectivity index (χ0) is 30.4. The van der Waals surface area contributed by atoms with E-state index in [1.54, 1.807) is 0 Å². The van der Waals surface area contributed by atoms with Crippen LogP contribution in [0.25, 0.3) is 0 Å². The first-order valence-corrected chi connectivity index (χ1v) is 13.3. The fourth-order valence-electron chi connectivity index (χ4n) is 5.47. The van der Waals surface area contributed by atoms with Gasteiger partial charge in [-0.05, 0) is 47.7 Å². The predicted molar refractivity (Wildman–Crippen MR) is 148 cm³/mol. The van der Waals surface area contributed by atoms with Crippen molar-refractivity contribution in [3.05, 3.63) is 98.5 Å². The number of carbonyl (C=O) groups excluding carboxylic acids is 1. The number of aromatic carboxylic acids is 1. The molecule has 1 heterocycles. The topological polar surface area (TPSA) is 104 Å². The number of hydrogen-bond donors (Lipinski definition) is 4. The van der Waals surface area contributed by atoms with Crippen LogP contribution in [0.15, 0.2) is 48.5 Å². The Labute approximate surface area is 243 Å². The smallest absolute Gasteiger partial charge is 0.341 e. The van der Waals surface area contributed by atoms with Crippen LogP contribution in [0.5, 0.6) is 0 Å². The SMILES string of the molecule is CC(C)(C)CC1NC(C(=O)Nc2cc(F)c(C(=O)O)c(F)c2)C(c2cccc(Cl)c2F)C1(N)c1ccc(Cl)cc1F. The molecule has 41 heavy (non-hydrogen) atoms. The lowest BCUT2D eigenvalue weighted by Crippen LogP contribution is -2.52. The molecular weight excluding hydrogens is 585 g/mol. The van der Waals surface area contributed by atoms with Gasteiger partial charge < -0.3 is 21.5 Å². The molecule has 0 saturated carbocycles. The molecule has 3 aromatic carbocycles. The van der Waals surface area contributed by atoms with Crippen LogP contribution in [0.2, 0.25) is 10.0 Å². The first-order valence-electron chi connectivity index (χ1n) is 12.5. The van der Waals surface area contributed by atoms with Gasteiger partial charge in [0.1, 0.15) is 28.8 Å². The Morgan fingerprint density at radius 3 is 2.22 bits per heavy atom. The Balaban J connectivity index is 1.90. The molecule has 1 fully saturated rings. The molecule has 1 aliphatic rings. The minimum Gasteiger partial charge on any atom is -0.477 e. The highest BCUT2D eigenvalue weighted by molar-refractivity contribution is 6.31. The molecule has 0 spiro atoms. The van der Waals surface area contributed by atoms with Gasteiger partial charge in [-0.3, -0.25) is 4.79 Å². The lowest BCUT2D eigenvalue weighted by Gasteiger charge is -2.40. The summed E-state index contributed by atoms with van der Waals surface area (Å²) in [4.78, 5) is 24.9. The molecule has 5 N–H and O–H groups in total. The molecule has 0 aliphatic carbocycles. The van der Waals surface area contributed by atoms with E-state index in [9.17, 15) is 18.4 Å². The molecule has 0 aromatic heterocycles. The monoisotopic (exact) mass is 611 g/mol. The molecule has 1 amide bonds. The van der Waals surface area contributed by atoms with Crippen LogP contribution in [0.4, 0.5) is 23.2 Å².